The Hall–Kier alpha value is -0.760. The van der Waals surface area contributed by atoms with Crippen molar-refractivity contribution >= 4 is 0 Å². The van der Waals surface area contributed by atoms with Crippen molar-refractivity contribution in [1.29, 1.82) is 0 Å². The lowest BCUT2D eigenvalue weighted by Crippen LogP contribution is -2.31. The average Bonchev–Trinajstić information content (AvgIpc) is 2.61. The van der Waals surface area contributed by atoms with Crippen LogP contribution >= 0.6 is 0 Å². The highest BCUT2D eigenvalue weighted by Crippen LogP contribution is 2.50. The zero-order valence-corrected chi connectivity index (χ0v) is 6.71. The summed E-state index contributed by atoms with van der Waals surface area (Å²) in [5.41, 5.74) is 7.41. The Bertz CT molecular complexity index is 234. The Morgan fingerprint density at radius 3 is 2.73 bits per heavy atom. The van der Waals surface area contributed by atoms with E-state index in [1.807, 2.05) is 12.3 Å². The first-order valence-corrected chi connectivity index (χ1v) is 4.04. The van der Waals surface area contributed by atoms with Crippen molar-refractivity contribution in [3.8, 4) is 0 Å². The fraction of sp³-hybridized carbons (Fsp3) is 0.556. The van der Waals surface area contributed by atoms with E-state index < -0.39 is 0 Å². The summed E-state index contributed by atoms with van der Waals surface area (Å²) in [6.07, 6.45) is 5.96. The summed E-state index contributed by atoms with van der Waals surface area (Å²) in [7, 11) is 0. The Labute approximate surface area is 66.4 Å². The number of rotatable bonds is 2. The van der Waals surface area contributed by atoms with Crippen molar-refractivity contribution in [2.24, 2.45) is 5.73 Å². The van der Waals surface area contributed by atoms with E-state index in [-0.39, 0.29) is 11.5 Å². The van der Waals surface area contributed by atoms with E-state index in [2.05, 4.69) is 6.92 Å². The zero-order chi connectivity index (χ0) is 7.90. The molecule has 1 aromatic heterocycles. The lowest BCUT2D eigenvalue weighted by molar-refractivity contribution is 0.527. The third kappa shape index (κ3) is 0.897. The van der Waals surface area contributed by atoms with Crippen LogP contribution in [0.25, 0.3) is 0 Å². The topological polar surface area (TPSA) is 39.2 Å². The minimum Gasteiger partial charge on any atom is -0.472 e. The lowest BCUT2D eigenvalue weighted by atomic mass is 9.92. The van der Waals surface area contributed by atoms with E-state index in [1.165, 1.54) is 18.4 Å². The quantitative estimate of drug-likeness (QED) is 0.698. The van der Waals surface area contributed by atoms with Gasteiger partial charge in [-0.15, -0.1) is 0 Å². The maximum Gasteiger partial charge on any atom is 0.0940 e. The molecule has 2 N–H and O–H groups in total. The third-order valence-electron chi connectivity index (χ3n) is 2.76. The van der Waals surface area contributed by atoms with Crippen LogP contribution < -0.4 is 5.73 Å². The largest absolute Gasteiger partial charge is 0.472 e. The van der Waals surface area contributed by atoms with Crippen molar-refractivity contribution in [3.63, 3.8) is 0 Å². The molecule has 0 spiro atoms. The van der Waals surface area contributed by atoms with E-state index in [1.54, 1.807) is 6.26 Å². The van der Waals surface area contributed by atoms with Crippen molar-refractivity contribution in [1.82, 2.24) is 0 Å². The second-order valence-corrected chi connectivity index (χ2v) is 3.46. The Morgan fingerprint density at radius 1 is 1.64 bits per heavy atom. The molecule has 2 heteroatoms. The number of hydrogen-bond acceptors (Lipinski definition) is 2. The molecule has 1 aromatic rings. The Kier molecular flexibility index (Phi) is 1.33. The van der Waals surface area contributed by atoms with Gasteiger partial charge < -0.3 is 10.2 Å². The summed E-state index contributed by atoms with van der Waals surface area (Å²) in [6, 6.07) is 2.27. The molecule has 0 radical (unpaired) electrons. The van der Waals surface area contributed by atoms with Crippen LogP contribution in [0.5, 0.6) is 0 Å². The number of nitrogens with two attached hydrogens (primary N) is 1. The molecule has 60 valence electrons. The molecular weight excluding hydrogens is 138 g/mol. The molecule has 0 amide bonds. The first-order chi connectivity index (χ1) is 5.26. The maximum absolute atomic E-state index is 5.88. The molecule has 1 aliphatic rings. The summed E-state index contributed by atoms with van der Waals surface area (Å²) in [5, 5.41) is 0. The molecule has 0 aromatic carbocycles. The second-order valence-electron chi connectivity index (χ2n) is 3.46. The first kappa shape index (κ1) is 6.92. The van der Waals surface area contributed by atoms with E-state index in [0.717, 1.165) is 0 Å². The van der Waals surface area contributed by atoms with Gasteiger partial charge in [0, 0.05) is 11.5 Å². The van der Waals surface area contributed by atoms with Crippen LogP contribution in [0.4, 0.5) is 0 Å². The van der Waals surface area contributed by atoms with Gasteiger partial charge in [-0.2, -0.15) is 0 Å². The van der Waals surface area contributed by atoms with Gasteiger partial charge in [-0.25, -0.2) is 0 Å². The van der Waals surface area contributed by atoms with E-state index in [4.69, 9.17) is 10.2 Å². The molecule has 0 bridgehead atoms. The molecule has 1 aliphatic carbocycles. The van der Waals surface area contributed by atoms with Crippen LogP contribution in [-0.2, 0) is 5.41 Å². The van der Waals surface area contributed by atoms with Crippen molar-refractivity contribution in [3.05, 3.63) is 24.2 Å². The zero-order valence-electron chi connectivity index (χ0n) is 6.71. The van der Waals surface area contributed by atoms with Crippen molar-refractivity contribution in [2.75, 3.05) is 0 Å². The second kappa shape index (κ2) is 2.11. The van der Waals surface area contributed by atoms with Crippen LogP contribution in [0.2, 0.25) is 0 Å². The minimum absolute atomic E-state index is 0.250. The number of hydrogen-bond donors (Lipinski definition) is 1. The highest BCUT2D eigenvalue weighted by Gasteiger charge is 2.47. The van der Waals surface area contributed by atoms with Crippen LogP contribution in [0.15, 0.2) is 23.0 Å². The Morgan fingerprint density at radius 2 is 2.36 bits per heavy atom. The summed E-state index contributed by atoms with van der Waals surface area (Å²) in [6.45, 7) is 2.07. The molecule has 1 unspecified atom stereocenters. The first-order valence-electron chi connectivity index (χ1n) is 4.04. The maximum atomic E-state index is 5.88. The van der Waals surface area contributed by atoms with Crippen LogP contribution in [0.3, 0.4) is 0 Å². The molecule has 2 nitrogen and oxygen atoms in total. The normalized spacial score (nSPS) is 23.1. The van der Waals surface area contributed by atoms with E-state index >= 15 is 0 Å². The van der Waals surface area contributed by atoms with Crippen molar-refractivity contribution < 1.29 is 4.42 Å². The fourth-order valence-electron chi connectivity index (χ4n) is 1.69. The molecule has 1 fully saturated rings. The van der Waals surface area contributed by atoms with Gasteiger partial charge in [0.2, 0.25) is 0 Å². The smallest absolute Gasteiger partial charge is 0.0940 e. The lowest BCUT2D eigenvalue weighted by Gasteiger charge is -2.16. The van der Waals surface area contributed by atoms with Gasteiger partial charge in [0.15, 0.2) is 0 Å². The van der Waals surface area contributed by atoms with E-state index in [0.29, 0.717) is 0 Å². The fourth-order valence-corrected chi connectivity index (χ4v) is 1.69. The van der Waals surface area contributed by atoms with Crippen molar-refractivity contribution in [2.45, 2.75) is 31.2 Å². The van der Waals surface area contributed by atoms with Gasteiger partial charge in [0.1, 0.15) is 0 Å². The monoisotopic (exact) mass is 151 g/mol. The van der Waals surface area contributed by atoms with Crippen LogP contribution in [0, 0.1) is 0 Å². The van der Waals surface area contributed by atoms with Gasteiger partial charge in [0.05, 0.1) is 12.5 Å². The minimum atomic E-state index is 0.250. The molecule has 0 aliphatic heterocycles. The summed E-state index contributed by atoms with van der Waals surface area (Å²) >= 11 is 0. The van der Waals surface area contributed by atoms with Crippen LogP contribution in [0.1, 0.15) is 25.3 Å². The molecule has 0 saturated heterocycles. The molecule has 1 atom stereocenters. The molecule has 11 heavy (non-hydrogen) atoms. The number of furan rings is 1. The molecule has 1 saturated carbocycles. The Balaban J connectivity index is 2.29. The molecular formula is C9H13NO. The van der Waals surface area contributed by atoms with Gasteiger partial charge in [-0.3, -0.25) is 0 Å². The highest BCUT2D eigenvalue weighted by molar-refractivity contribution is 5.30. The van der Waals surface area contributed by atoms with E-state index in [9.17, 15) is 0 Å². The summed E-state index contributed by atoms with van der Waals surface area (Å²) in [5.74, 6) is 0. The molecule has 1 heterocycles. The summed E-state index contributed by atoms with van der Waals surface area (Å²) < 4.78 is 5.04. The SMILES string of the molecule is CC(N)C1(c2ccoc2)CC1. The predicted molar refractivity (Wildman–Crippen MR) is 43.3 cm³/mol. The summed E-state index contributed by atoms with van der Waals surface area (Å²) in [4.78, 5) is 0. The highest BCUT2D eigenvalue weighted by atomic mass is 16.3. The molecule has 2 rings (SSSR count). The van der Waals surface area contributed by atoms with Gasteiger partial charge in [0.25, 0.3) is 0 Å². The predicted octanol–water partition coefficient (Wildman–Crippen LogP) is 1.66. The van der Waals surface area contributed by atoms with Gasteiger partial charge >= 0.3 is 0 Å². The average molecular weight is 151 g/mol. The van der Waals surface area contributed by atoms with Gasteiger partial charge in [-0.1, -0.05) is 0 Å². The third-order valence-corrected chi connectivity index (χ3v) is 2.76. The van der Waals surface area contributed by atoms with Gasteiger partial charge in [-0.05, 0) is 31.4 Å². The standard InChI is InChI=1S/C9H13NO/c1-7(10)9(3-4-9)8-2-5-11-6-8/h2,5-7H,3-4,10H2,1H3. The van der Waals surface area contributed by atoms with Crippen LogP contribution in [-0.4, -0.2) is 6.04 Å².